The lowest BCUT2D eigenvalue weighted by atomic mass is 10.1. The van der Waals surface area contributed by atoms with Crippen molar-refractivity contribution in [3.8, 4) is 0 Å². The molecule has 0 spiro atoms. The number of hydrogen-bond acceptors (Lipinski definition) is 4. The second-order valence-electron chi connectivity index (χ2n) is 4.34. The van der Waals surface area contributed by atoms with E-state index in [2.05, 4.69) is 12.6 Å². The molecule has 0 saturated carbocycles. The Hall–Kier alpha value is -0.850. The highest BCUT2D eigenvalue weighted by atomic mass is 35.5. The predicted molar refractivity (Wildman–Crippen MR) is 83.4 cm³/mol. The molecule has 1 aromatic rings. The number of rotatable bonds is 4. The predicted octanol–water partition coefficient (Wildman–Crippen LogP) is 2.69. The van der Waals surface area contributed by atoms with Gasteiger partial charge in [-0.15, -0.1) is 11.8 Å². The number of benzene rings is 1. The summed E-state index contributed by atoms with van der Waals surface area (Å²) in [6, 6.07) is 6.39. The Balaban J connectivity index is 2.34. The van der Waals surface area contributed by atoms with E-state index in [1.54, 1.807) is 12.1 Å². The van der Waals surface area contributed by atoms with Crippen molar-refractivity contribution >= 4 is 47.9 Å². The Bertz CT molecular complexity index is 526. The van der Waals surface area contributed by atoms with Gasteiger partial charge < -0.3 is 10.0 Å². The number of halogens is 1. The summed E-state index contributed by atoms with van der Waals surface area (Å²) in [4.78, 5) is 25.0. The van der Waals surface area contributed by atoms with Crippen molar-refractivity contribution in [3.63, 3.8) is 0 Å². The number of nitrogens with zero attached hydrogens (tertiary/aromatic N) is 1. The molecule has 0 bridgehead atoms. The number of amides is 1. The number of carboxylic acid groups (broad SMARTS) is 1. The number of hydrogen-bond donors (Lipinski definition) is 2. The SMILES string of the molecule is O=C(O)[C@@H]1CSC(c2ccccc2Cl)N1C(=O)CCS. The van der Waals surface area contributed by atoms with Gasteiger partial charge in [-0.25, -0.2) is 4.79 Å². The fourth-order valence-electron chi connectivity index (χ4n) is 2.14. The molecule has 1 N–H and O–H groups in total. The largest absolute Gasteiger partial charge is 0.480 e. The summed E-state index contributed by atoms with van der Waals surface area (Å²) in [6.07, 6.45) is 0.217. The summed E-state index contributed by atoms with van der Waals surface area (Å²) in [6.45, 7) is 0. The summed E-state index contributed by atoms with van der Waals surface area (Å²) in [5, 5.41) is 9.47. The number of thiol groups is 1. The molecule has 1 aliphatic heterocycles. The van der Waals surface area contributed by atoms with Gasteiger partial charge in [0.1, 0.15) is 11.4 Å². The van der Waals surface area contributed by atoms with Crippen LogP contribution in [0.4, 0.5) is 0 Å². The van der Waals surface area contributed by atoms with Crippen LogP contribution in [-0.2, 0) is 9.59 Å². The van der Waals surface area contributed by atoms with E-state index in [0.717, 1.165) is 5.56 Å². The summed E-state index contributed by atoms with van der Waals surface area (Å²) >= 11 is 11.6. The van der Waals surface area contributed by atoms with E-state index in [0.29, 0.717) is 16.5 Å². The molecule has 108 valence electrons. The van der Waals surface area contributed by atoms with Gasteiger partial charge in [-0.1, -0.05) is 29.8 Å². The molecule has 4 nitrogen and oxygen atoms in total. The highest BCUT2D eigenvalue weighted by molar-refractivity contribution is 7.99. The minimum atomic E-state index is -0.987. The fraction of sp³-hybridized carbons (Fsp3) is 0.385. The Morgan fingerprint density at radius 3 is 2.75 bits per heavy atom. The highest BCUT2D eigenvalue weighted by Gasteiger charge is 2.42. The third kappa shape index (κ3) is 3.07. The molecule has 1 aliphatic rings. The van der Waals surface area contributed by atoms with Gasteiger partial charge in [0.15, 0.2) is 0 Å². The molecule has 1 heterocycles. The van der Waals surface area contributed by atoms with Crippen molar-refractivity contribution in [1.82, 2.24) is 4.90 Å². The number of thioether (sulfide) groups is 1. The molecule has 1 unspecified atom stereocenters. The summed E-state index contributed by atoms with van der Waals surface area (Å²) in [5.74, 6) is -0.438. The van der Waals surface area contributed by atoms with E-state index >= 15 is 0 Å². The first-order valence-corrected chi connectivity index (χ1v) is 8.13. The van der Waals surface area contributed by atoms with Crippen LogP contribution in [0.2, 0.25) is 5.02 Å². The molecule has 2 rings (SSSR count). The second kappa shape index (κ2) is 6.74. The zero-order chi connectivity index (χ0) is 14.7. The molecule has 1 amide bonds. The number of carbonyl (C=O) groups excluding carboxylic acids is 1. The molecule has 0 radical (unpaired) electrons. The van der Waals surface area contributed by atoms with E-state index in [1.807, 2.05) is 12.1 Å². The zero-order valence-electron chi connectivity index (χ0n) is 10.5. The van der Waals surface area contributed by atoms with Crippen molar-refractivity contribution in [2.45, 2.75) is 17.8 Å². The molecule has 20 heavy (non-hydrogen) atoms. The van der Waals surface area contributed by atoms with Crippen LogP contribution >= 0.6 is 36.0 Å². The Morgan fingerprint density at radius 2 is 2.15 bits per heavy atom. The average molecular weight is 332 g/mol. The van der Waals surface area contributed by atoms with Crippen LogP contribution in [0.5, 0.6) is 0 Å². The normalized spacial score (nSPS) is 22.0. The van der Waals surface area contributed by atoms with Crippen molar-refractivity contribution in [1.29, 1.82) is 0 Å². The Morgan fingerprint density at radius 1 is 1.45 bits per heavy atom. The van der Waals surface area contributed by atoms with E-state index in [9.17, 15) is 14.7 Å². The standard InChI is InChI=1S/C13H14ClNO3S2/c14-9-4-2-1-3-8(9)12-15(11(16)5-6-19)10(7-20-12)13(17)18/h1-4,10,12,19H,5-7H2,(H,17,18)/t10-,12?/m0/s1. The van der Waals surface area contributed by atoms with E-state index in [4.69, 9.17) is 11.6 Å². The topological polar surface area (TPSA) is 57.6 Å². The Labute approximate surface area is 131 Å². The first-order valence-electron chi connectivity index (χ1n) is 6.07. The second-order valence-corrected chi connectivity index (χ2v) is 6.30. The van der Waals surface area contributed by atoms with E-state index < -0.39 is 12.0 Å². The monoisotopic (exact) mass is 331 g/mol. The molecule has 0 aromatic heterocycles. The van der Waals surface area contributed by atoms with E-state index in [-0.39, 0.29) is 17.7 Å². The van der Waals surface area contributed by atoms with Crippen LogP contribution in [0.3, 0.4) is 0 Å². The molecular formula is C13H14ClNO3S2. The lowest BCUT2D eigenvalue weighted by Gasteiger charge is -2.28. The maximum absolute atomic E-state index is 12.2. The van der Waals surface area contributed by atoms with Gasteiger partial charge >= 0.3 is 5.97 Å². The van der Waals surface area contributed by atoms with Gasteiger partial charge in [-0.3, -0.25) is 4.79 Å². The molecule has 1 aromatic carbocycles. The van der Waals surface area contributed by atoms with Crippen LogP contribution in [0, 0.1) is 0 Å². The van der Waals surface area contributed by atoms with Crippen LogP contribution in [0.15, 0.2) is 24.3 Å². The van der Waals surface area contributed by atoms with Crippen LogP contribution in [0.25, 0.3) is 0 Å². The first kappa shape index (κ1) is 15.5. The van der Waals surface area contributed by atoms with Crippen LogP contribution < -0.4 is 0 Å². The zero-order valence-corrected chi connectivity index (χ0v) is 13.0. The number of carbonyl (C=O) groups is 2. The summed E-state index contributed by atoms with van der Waals surface area (Å²) in [7, 11) is 0. The smallest absolute Gasteiger partial charge is 0.327 e. The van der Waals surface area contributed by atoms with Crippen LogP contribution in [0.1, 0.15) is 17.4 Å². The third-order valence-electron chi connectivity index (χ3n) is 3.07. The maximum atomic E-state index is 12.2. The third-order valence-corrected chi connectivity index (χ3v) is 4.94. The molecule has 7 heteroatoms. The van der Waals surface area contributed by atoms with E-state index in [1.165, 1.54) is 16.7 Å². The van der Waals surface area contributed by atoms with Gasteiger partial charge in [0.05, 0.1) is 0 Å². The van der Waals surface area contributed by atoms with Crippen LogP contribution in [-0.4, -0.2) is 39.4 Å². The number of carboxylic acids is 1. The molecule has 2 atom stereocenters. The van der Waals surface area contributed by atoms with Crippen molar-refractivity contribution in [2.24, 2.45) is 0 Å². The van der Waals surface area contributed by atoms with Gasteiger partial charge in [-0.05, 0) is 11.8 Å². The quantitative estimate of drug-likeness (QED) is 0.833. The first-order chi connectivity index (χ1) is 9.56. The minimum Gasteiger partial charge on any atom is -0.480 e. The minimum absolute atomic E-state index is 0.206. The van der Waals surface area contributed by atoms with Gasteiger partial charge in [-0.2, -0.15) is 12.6 Å². The lowest BCUT2D eigenvalue weighted by Crippen LogP contribution is -2.43. The molecular weight excluding hydrogens is 318 g/mol. The molecule has 1 saturated heterocycles. The molecule has 1 fully saturated rings. The van der Waals surface area contributed by atoms with Gasteiger partial charge in [0.2, 0.25) is 5.91 Å². The number of aliphatic carboxylic acids is 1. The summed E-state index contributed by atoms with van der Waals surface area (Å²) < 4.78 is 0. The molecule has 0 aliphatic carbocycles. The Kier molecular flexibility index (Phi) is 5.23. The van der Waals surface area contributed by atoms with Crippen molar-refractivity contribution in [2.75, 3.05) is 11.5 Å². The lowest BCUT2D eigenvalue weighted by molar-refractivity contribution is -0.149. The fourth-order valence-corrected chi connectivity index (χ4v) is 4.11. The van der Waals surface area contributed by atoms with Crippen molar-refractivity contribution < 1.29 is 14.7 Å². The van der Waals surface area contributed by atoms with Gasteiger partial charge in [0, 0.05) is 22.8 Å². The maximum Gasteiger partial charge on any atom is 0.327 e. The van der Waals surface area contributed by atoms with Crippen molar-refractivity contribution in [3.05, 3.63) is 34.9 Å². The summed E-state index contributed by atoms with van der Waals surface area (Å²) in [5.41, 5.74) is 0.774. The highest BCUT2D eigenvalue weighted by Crippen LogP contribution is 2.44. The average Bonchev–Trinajstić information content (AvgIpc) is 2.84. The van der Waals surface area contributed by atoms with Gasteiger partial charge in [0.25, 0.3) is 0 Å².